The van der Waals surface area contributed by atoms with E-state index in [9.17, 15) is 0 Å². The molecule has 0 radical (unpaired) electrons. The van der Waals surface area contributed by atoms with E-state index in [0.29, 0.717) is 6.04 Å². The molecular weight excluding hydrogens is 134 g/mol. The maximum atomic E-state index is 5.61. The van der Waals surface area contributed by atoms with Gasteiger partial charge in [-0.15, -0.1) is 12.4 Å². The van der Waals surface area contributed by atoms with Crippen LogP contribution in [-0.4, -0.2) is 6.04 Å². The molecule has 1 fully saturated rings. The largest absolute Gasteiger partial charge is 0.327 e. The molecule has 0 aromatic heterocycles. The van der Waals surface area contributed by atoms with Crippen molar-refractivity contribution in [3.8, 4) is 0 Å². The summed E-state index contributed by atoms with van der Waals surface area (Å²) in [4.78, 5) is 0. The predicted molar refractivity (Wildman–Crippen MR) is 42.8 cm³/mol. The van der Waals surface area contributed by atoms with Gasteiger partial charge < -0.3 is 5.73 Å². The molecule has 0 heterocycles. The summed E-state index contributed by atoms with van der Waals surface area (Å²) in [6.07, 6.45) is 2.61. The number of hydrogen-bond donors (Lipinski definition) is 1. The highest BCUT2D eigenvalue weighted by atomic mass is 35.5. The third kappa shape index (κ3) is 3.07. The first kappa shape index (κ1) is 9.25. The number of rotatable bonds is 2. The van der Waals surface area contributed by atoms with Gasteiger partial charge in [-0.25, -0.2) is 0 Å². The van der Waals surface area contributed by atoms with Crippen LogP contribution in [-0.2, 0) is 0 Å². The Kier molecular flexibility index (Phi) is 3.52. The Bertz CT molecular complexity index is 83.0. The van der Waals surface area contributed by atoms with Crippen LogP contribution >= 0.6 is 12.4 Å². The van der Waals surface area contributed by atoms with Gasteiger partial charge in [-0.1, -0.05) is 13.8 Å². The Labute approximate surface area is 63.4 Å². The van der Waals surface area contributed by atoms with Crippen LogP contribution in [0.3, 0.4) is 0 Å². The van der Waals surface area contributed by atoms with Crippen LogP contribution in [0.5, 0.6) is 0 Å². The van der Waals surface area contributed by atoms with Crippen molar-refractivity contribution in [2.75, 3.05) is 0 Å². The van der Waals surface area contributed by atoms with Gasteiger partial charge in [0.1, 0.15) is 0 Å². The fourth-order valence-corrected chi connectivity index (χ4v) is 1.15. The van der Waals surface area contributed by atoms with Crippen molar-refractivity contribution in [2.24, 2.45) is 17.6 Å². The van der Waals surface area contributed by atoms with Crippen LogP contribution in [0.1, 0.15) is 26.7 Å². The van der Waals surface area contributed by atoms with E-state index < -0.39 is 0 Å². The van der Waals surface area contributed by atoms with E-state index in [1.165, 1.54) is 12.8 Å². The minimum atomic E-state index is 0. The van der Waals surface area contributed by atoms with Crippen LogP contribution in [0, 0.1) is 11.8 Å². The van der Waals surface area contributed by atoms with E-state index in [2.05, 4.69) is 13.8 Å². The lowest BCUT2D eigenvalue weighted by atomic mass is 10.1. The monoisotopic (exact) mass is 149 g/mol. The van der Waals surface area contributed by atoms with Gasteiger partial charge in [-0.3, -0.25) is 0 Å². The molecule has 9 heavy (non-hydrogen) atoms. The molecule has 2 N–H and O–H groups in total. The zero-order chi connectivity index (χ0) is 6.15. The Morgan fingerprint density at radius 3 is 2.11 bits per heavy atom. The first-order valence-corrected chi connectivity index (χ1v) is 3.45. The summed E-state index contributed by atoms with van der Waals surface area (Å²) in [5.41, 5.74) is 5.61. The summed E-state index contributed by atoms with van der Waals surface area (Å²) < 4.78 is 0. The first-order chi connectivity index (χ1) is 3.70. The zero-order valence-corrected chi connectivity index (χ0v) is 6.95. The van der Waals surface area contributed by atoms with Gasteiger partial charge in [0.25, 0.3) is 0 Å². The van der Waals surface area contributed by atoms with Crippen molar-refractivity contribution in [3.63, 3.8) is 0 Å². The minimum Gasteiger partial charge on any atom is -0.327 e. The lowest BCUT2D eigenvalue weighted by Gasteiger charge is -1.99. The Morgan fingerprint density at radius 2 is 2.00 bits per heavy atom. The fraction of sp³-hybridized carbons (Fsp3) is 1.00. The Balaban J connectivity index is 0.000000640. The molecular formula is C7H16ClN. The SMILES string of the molecule is CC(C)C[C@@H]1C[C@H]1N.Cl. The summed E-state index contributed by atoms with van der Waals surface area (Å²) in [7, 11) is 0. The van der Waals surface area contributed by atoms with Gasteiger partial charge in [-0.2, -0.15) is 0 Å². The van der Waals surface area contributed by atoms with Crippen LogP contribution < -0.4 is 5.73 Å². The Hall–Kier alpha value is 0.250. The Morgan fingerprint density at radius 1 is 1.56 bits per heavy atom. The number of halogens is 1. The van der Waals surface area contributed by atoms with Crippen molar-refractivity contribution < 1.29 is 0 Å². The highest BCUT2D eigenvalue weighted by molar-refractivity contribution is 5.85. The average Bonchev–Trinajstić information content (AvgIpc) is 2.17. The molecule has 0 amide bonds. The van der Waals surface area contributed by atoms with Crippen molar-refractivity contribution in [3.05, 3.63) is 0 Å². The standard InChI is InChI=1S/C7H15N.ClH/c1-5(2)3-6-4-7(6)8;/h5-7H,3-4,8H2,1-2H3;1H/t6-,7-;/m1./s1. The number of hydrogen-bond acceptors (Lipinski definition) is 1. The molecule has 0 spiro atoms. The van der Waals surface area contributed by atoms with E-state index in [0.717, 1.165) is 11.8 Å². The van der Waals surface area contributed by atoms with Crippen LogP contribution in [0.25, 0.3) is 0 Å². The molecule has 0 bridgehead atoms. The average molecular weight is 150 g/mol. The van der Waals surface area contributed by atoms with Gasteiger partial charge in [0.15, 0.2) is 0 Å². The molecule has 1 aliphatic rings. The van der Waals surface area contributed by atoms with Gasteiger partial charge in [0, 0.05) is 6.04 Å². The normalized spacial score (nSPS) is 32.0. The molecule has 0 aromatic rings. The molecule has 56 valence electrons. The van der Waals surface area contributed by atoms with E-state index >= 15 is 0 Å². The topological polar surface area (TPSA) is 26.0 Å². The predicted octanol–water partition coefficient (Wildman–Crippen LogP) is 1.80. The number of nitrogens with two attached hydrogens (primary N) is 1. The fourth-order valence-electron chi connectivity index (χ4n) is 1.15. The summed E-state index contributed by atoms with van der Waals surface area (Å²) in [5.74, 6) is 1.71. The molecule has 1 rings (SSSR count). The smallest absolute Gasteiger partial charge is 0.00710 e. The molecule has 0 saturated heterocycles. The molecule has 1 aliphatic carbocycles. The van der Waals surface area contributed by atoms with E-state index in [4.69, 9.17) is 5.73 Å². The highest BCUT2D eigenvalue weighted by Gasteiger charge is 2.33. The summed E-state index contributed by atoms with van der Waals surface area (Å²) in [5, 5.41) is 0. The van der Waals surface area contributed by atoms with Gasteiger partial charge in [0.2, 0.25) is 0 Å². The molecule has 1 nitrogen and oxygen atoms in total. The lowest BCUT2D eigenvalue weighted by Crippen LogP contribution is -2.03. The summed E-state index contributed by atoms with van der Waals surface area (Å²) in [6.45, 7) is 4.51. The first-order valence-electron chi connectivity index (χ1n) is 3.45. The van der Waals surface area contributed by atoms with Crippen LogP contribution in [0.15, 0.2) is 0 Å². The van der Waals surface area contributed by atoms with E-state index in [1.54, 1.807) is 0 Å². The molecule has 0 unspecified atom stereocenters. The summed E-state index contributed by atoms with van der Waals surface area (Å²) >= 11 is 0. The molecule has 2 heteroatoms. The molecule has 0 aromatic carbocycles. The third-order valence-corrected chi connectivity index (χ3v) is 1.75. The second-order valence-corrected chi connectivity index (χ2v) is 3.29. The van der Waals surface area contributed by atoms with Gasteiger partial charge in [-0.05, 0) is 24.7 Å². The van der Waals surface area contributed by atoms with Crippen LogP contribution in [0.4, 0.5) is 0 Å². The maximum Gasteiger partial charge on any atom is 0.00710 e. The van der Waals surface area contributed by atoms with Gasteiger partial charge in [0.05, 0.1) is 0 Å². The van der Waals surface area contributed by atoms with Crippen molar-refractivity contribution in [1.29, 1.82) is 0 Å². The van der Waals surface area contributed by atoms with Crippen molar-refractivity contribution >= 4 is 12.4 Å². The van der Waals surface area contributed by atoms with Gasteiger partial charge >= 0.3 is 0 Å². The second kappa shape index (κ2) is 3.43. The minimum absolute atomic E-state index is 0. The maximum absolute atomic E-state index is 5.61. The quantitative estimate of drug-likeness (QED) is 0.637. The second-order valence-electron chi connectivity index (χ2n) is 3.29. The van der Waals surface area contributed by atoms with Crippen molar-refractivity contribution in [2.45, 2.75) is 32.7 Å². The lowest BCUT2D eigenvalue weighted by molar-refractivity contribution is 0.531. The molecule has 0 aliphatic heterocycles. The van der Waals surface area contributed by atoms with E-state index in [1.807, 2.05) is 0 Å². The molecule has 2 atom stereocenters. The highest BCUT2D eigenvalue weighted by Crippen LogP contribution is 2.33. The zero-order valence-electron chi connectivity index (χ0n) is 6.13. The van der Waals surface area contributed by atoms with E-state index in [-0.39, 0.29) is 12.4 Å². The third-order valence-electron chi connectivity index (χ3n) is 1.75. The van der Waals surface area contributed by atoms with Crippen molar-refractivity contribution in [1.82, 2.24) is 0 Å². The summed E-state index contributed by atoms with van der Waals surface area (Å²) in [6, 6.07) is 0.553. The molecule has 1 saturated carbocycles. The van der Waals surface area contributed by atoms with Crippen LogP contribution in [0.2, 0.25) is 0 Å².